The van der Waals surface area contributed by atoms with E-state index in [0.717, 1.165) is 5.57 Å². The molecule has 0 radical (unpaired) electrons. The number of aromatic nitrogens is 3. The lowest BCUT2D eigenvalue weighted by molar-refractivity contribution is 0.172. The summed E-state index contributed by atoms with van der Waals surface area (Å²) in [6.45, 7) is 6.08. The molecule has 0 bridgehead atoms. The second-order valence-corrected chi connectivity index (χ2v) is 5.36. The lowest BCUT2D eigenvalue weighted by Gasteiger charge is -2.22. The maximum Gasteiger partial charge on any atom is 0.225 e. The van der Waals surface area contributed by atoms with Gasteiger partial charge in [-0.15, -0.1) is 0 Å². The van der Waals surface area contributed by atoms with E-state index < -0.39 is 5.82 Å². The molecule has 0 aliphatic carbocycles. The van der Waals surface area contributed by atoms with Gasteiger partial charge in [0.15, 0.2) is 11.0 Å². The van der Waals surface area contributed by atoms with Crippen LogP contribution in [0.3, 0.4) is 0 Å². The molecule has 0 saturated carbocycles. The first kappa shape index (κ1) is 14.4. The molecule has 0 spiro atoms. The van der Waals surface area contributed by atoms with E-state index in [1.807, 2.05) is 4.90 Å². The zero-order chi connectivity index (χ0) is 15.0. The first-order valence-electron chi connectivity index (χ1n) is 6.23. The highest BCUT2D eigenvalue weighted by Crippen LogP contribution is 2.29. The summed E-state index contributed by atoms with van der Waals surface area (Å²) >= 11 is 11.6. The van der Waals surface area contributed by atoms with Gasteiger partial charge in [0.2, 0.25) is 5.28 Å². The zero-order valence-corrected chi connectivity index (χ0v) is 12.5. The van der Waals surface area contributed by atoms with Gasteiger partial charge in [-0.1, -0.05) is 18.2 Å². The fourth-order valence-corrected chi connectivity index (χ4v) is 2.50. The number of rotatable bonds is 1. The molecule has 0 aromatic carbocycles. The van der Waals surface area contributed by atoms with Crippen LogP contribution in [0.4, 0.5) is 10.2 Å². The topological polar surface area (TPSA) is 51.1 Å². The van der Waals surface area contributed by atoms with Crippen LogP contribution in [0.5, 0.6) is 0 Å². The van der Waals surface area contributed by atoms with Crippen LogP contribution in [0.2, 0.25) is 10.4 Å². The van der Waals surface area contributed by atoms with Gasteiger partial charge in [0.25, 0.3) is 0 Å². The van der Waals surface area contributed by atoms with E-state index in [1.165, 1.54) is 6.20 Å². The highest BCUT2D eigenvalue weighted by molar-refractivity contribution is 6.30. The number of nitrogens with zero attached hydrogens (tertiary/aromatic N) is 4. The lowest BCUT2D eigenvalue weighted by Crippen LogP contribution is -2.28. The van der Waals surface area contributed by atoms with Crippen molar-refractivity contribution in [1.29, 1.82) is 0 Å². The summed E-state index contributed by atoms with van der Waals surface area (Å²) in [4.78, 5) is 13.9. The van der Waals surface area contributed by atoms with Gasteiger partial charge >= 0.3 is 0 Å². The van der Waals surface area contributed by atoms with Gasteiger partial charge in [0.05, 0.1) is 18.6 Å². The Morgan fingerprint density at radius 2 is 2.14 bits per heavy atom. The fourth-order valence-electron chi connectivity index (χ4n) is 2.20. The quantitative estimate of drug-likeness (QED) is 0.457. The number of anilines is 1. The third kappa shape index (κ3) is 2.79. The smallest absolute Gasteiger partial charge is 0.225 e. The highest BCUT2D eigenvalue weighted by atomic mass is 35.5. The Kier molecular flexibility index (Phi) is 3.93. The van der Waals surface area contributed by atoms with Gasteiger partial charge in [0.1, 0.15) is 11.3 Å². The minimum atomic E-state index is -0.704. The van der Waals surface area contributed by atoms with Crippen LogP contribution in [0.15, 0.2) is 18.3 Å². The number of fused-ring (bicyclic) bond motifs is 1. The molecule has 0 atom stereocenters. The molecule has 1 aliphatic rings. The summed E-state index contributed by atoms with van der Waals surface area (Å²) < 4.78 is 19.5. The number of hydrogen-bond donors (Lipinski definition) is 0. The van der Waals surface area contributed by atoms with E-state index in [-0.39, 0.29) is 16.0 Å². The standard InChI is InChI=1S/C13H11Cl2FN4O/c1-7-5-20(2-3-21-6-7)12-8-4-17-11(14)9(16)10(8)18-13(15)19-12/h4H,1-3,5-6H2. The molecule has 1 aliphatic heterocycles. The Labute approximate surface area is 130 Å². The monoisotopic (exact) mass is 328 g/mol. The van der Waals surface area contributed by atoms with Crippen molar-refractivity contribution >= 4 is 39.9 Å². The zero-order valence-electron chi connectivity index (χ0n) is 10.9. The van der Waals surface area contributed by atoms with Crippen molar-refractivity contribution in [2.75, 3.05) is 31.2 Å². The average Bonchev–Trinajstić information content (AvgIpc) is 2.67. The van der Waals surface area contributed by atoms with Crippen molar-refractivity contribution in [3.63, 3.8) is 0 Å². The van der Waals surface area contributed by atoms with Crippen molar-refractivity contribution in [3.05, 3.63) is 34.6 Å². The number of pyridine rings is 1. The summed E-state index contributed by atoms with van der Waals surface area (Å²) in [7, 11) is 0. The molecule has 0 amide bonds. The van der Waals surface area contributed by atoms with Crippen LogP contribution in [0, 0.1) is 5.82 Å². The van der Waals surface area contributed by atoms with Crippen molar-refractivity contribution in [2.45, 2.75) is 0 Å². The summed E-state index contributed by atoms with van der Waals surface area (Å²) in [5.74, 6) is -0.204. The van der Waals surface area contributed by atoms with E-state index in [9.17, 15) is 4.39 Å². The first-order chi connectivity index (χ1) is 10.1. The lowest BCUT2D eigenvalue weighted by atomic mass is 10.2. The van der Waals surface area contributed by atoms with E-state index in [0.29, 0.717) is 37.5 Å². The molecule has 110 valence electrons. The molecule has 8 heteroatoms. The molecule has 21 heavy (non-hydrogen) atoms. The normalized spacial score (nSPS) is 16.3. The van der Waals surface area contributed by atoms with E-state index in [2.05, 4.69) is 21.5 Å². The molecular weight excluding hydrogens is 318 g/mol. The van der Waals surface area contributed by atoms with Crippen LogP contribution >= 0.6 is 23.2 Å². The first-order valence-corrected chi connectivity index (χ1v) is 6.98. The van der Waals surface area contributed by atoms with Crippen molar-refractivity contribution in [1.82, 2.24) is 15.0 Å². The van der Waals surface area contributed by atoms with Gasteiger partial charge in [-0.05, 0) is 17.2 Å². The van der Waals surface area contributed by atoms with Gasteiger partial charge in [0, 0.05) is 19.3 Å². The third-order valence-electron chi connectivity index (χ3n) is 3.12. The maximum absolute atomic E-state index is 14.1. The summed E-state index contributed by atoms with van der Waals surface area (Å²) in [6.07, 6.45) is 1.45. The number of ether oxygens (including phenoxy) is 1. The van der Waals surface area contributed by atoms with Crippen LogP contribution < -0.4 is 4.90 Å². The third-order valence-corrected chi connectivity index (χ3v) is 3.55. The van der Waals surface area contributed by atoms with Crippen molar-refractivity contribution < 1.29 is 9.13 Å². The van der Waals surface area contributed by atoms with Crippen molar-refractivity contribution in [2.24, 2.45) is 0 Å². The predicted molar refractivity (Wildman–Crippen MR) is 79.5 cm³/mol. The van der Waals surface area contributed by atoms with Crippen molar-refractivity contribution in [3.8, 4) is 0 Å². The summed E-state index contributed by atoms with van der Waals surface area (Å²) in [6, 6.07) is 0. The Morgan fingerprint density at radius 3 is 2.95 bits per heavy atom. The highest BCUT2D eigenvalue weighted by Gasteiger charge is 2.20. The molecular formula is C13H11Cl2FN4O. The largest absolute Gasteiger partial charge is 0.375 e. The predicted octanol–water partition coefficient (Wildman–Crippen LogP) is 2.86. The summed E-state index contributed by atoms with van der Waals surface area (Å²) in [5, 5.41) is 0.164. The van der Waals surface area contributed by atoms with Crippen LogP contribution in [-0.4, -0.2) is 41.3 Å². The molecule has 2 aromatic heterocycles. The molecule has 1 saturated heterocycles. The second kappa shape index (κ2) is 5.71. The SMILES string of the molecule is C=C1COCCN(c2nc(Cl)nc3c(F)c(Cl)ncc23)C1. The molecule has 3 heterocycles. The minimum absolute atomic E-state index is 0.0468. The molecule has 0 unspecified atom stereocenters. The maximum atomic E-state index is 14.1. The number of halogens is 3. The summed E-state index contributed by atoms with van der Waals surface area (Å²) in [5.41, 5.74) is 0.957. The Bertz CT molecular complexity index is 725. The average molecular weight is 329 g/mol. The number of hydrogen-bond acceptors (Lipinski definition) is 5. The van der Waals surface area contributed by atoms with Gasteiger partial charge in [-0.25, -0.2) is 14.4 Å². The molecule has 2 aromatic rings. The Hall–Kier alpha value is -1.50. The minimum Gasteiger partial charge on any atom is -0.375 e. The van der Waals surface area contributed by atoms with Crippen LogP contribution in [0.25, 0.3) is 10.9 Å². The van der Waals surface area contributed by atoms with E-state index >= 15 is 0 Å². The van der Waals surface area contributed by atoms with Gasteiger partial charge in [-0.3, -0.25) is 0 Å². The molecule has 1 fully saturated rings. The Morgan fingerprint density at radius 1 is 1.33 bits per heavy atom. The van der Waals surface area contributed by atoms with Crippen LogP contribution in [0.1, 0.15) is 0 Å². The molecule has 3 rings (SSSR count). The molecule has 5 nitrogen and oxygen atoms in total. The second-order valence-electron chi connectivity index (χ2n) is 4.67. The fraction of sp³-hybridized carbons (Fsp3) is 0.308. The van der Waals surface area contributed by atoms with E-state index in [1.54, 1.807) is 0 Å². The Balaban J connectivity index is 2.17. The van der Waals surface area contributed by atoms with Crippen LogP contribution in [-0.2, 0) is 4.74 Å². The molecule has 0 N–H and O–H groups in total. The van der Waals surface area contributed by atoms with E-state index in [4.69, 9.17) is 27.9 Å². The van der Waals surface area contributed by atoms with Gasteiger partial charge in [-0.2, -0.15) is 4.98 Å². The van der Waals surface area contributed by atoms with Gasteiger partial charge < -0.3 is 9.64 Å².